The van der Waals surface area contributed by atoms with E-state index in [1.165, 1.54) is 24.3 Å². The Kier molecular flexibility index (Phi) is 8.28. The molecule has 0 saturated heterocycles. The molecule has 116 valence electrons. The van der Waals surface area contributed by atoms with Gasteiger partial charge in [-0.3, -0.25) is 0 Å². The fraction of sp³-hybridized carbons (Fsp3) is 0.438. The van der Waals surface area contributed by atoms with Crippen LogP contribution in [0.5, 0.6) is 0 Å². The summed E-state index contributed by atoms with van der Waals surface area (Å²) in [6.45, 7) is 4.38. The molecule has 5 heteroatoms. The average Bonchev–Trinajstić information content (AvgIpc) is 2.46. The number of halogens is 2. The zero-order valence-corrected chi connectivity index (χ0v) is 12.2. The molecule has 0 amide bonds. The summed E-state index contributed by atoms with van der Waals surface area (Å²) in [5, 5.41) is 3.23. The molecule has 0 aromatic heterocycles. The van der Waals surface area contributed by atoms with Crippen LogP contribution in [-0.2, 0) is 4.74 Å². The van der Waals surface area contributed by atoms with Crippen LogP contribution in [0.2, 0.25) is 0 Å². The van der Waals surface area contributed by atoms with Crippen molar-refractivity contribution in [1.29, 1.82) is 0 Å². The van der Waals surface area contributed by atoms with Crippen LogP contribution < -0.4 is 5.32 Å². The first kappa shape index (κ1) is 17.3. The van der Waals surface area contributed by atoms with E-state index in [0.717, 1.165) is 38.4 Å². The topological polar surface area (TPSA) is 38.3 Å². The minimum Gasteiger partial charge on any atom is -0.462 e. The predicted octanol–water partition coefficient (Wildman–Crippen LogP) is 3.86. The summed E-state index contributed by atoms with van der Waals surface area (Å²) >= 11 is 0. The lowest BCUT2D eigenvalue weighted by atomic mass is 10.1. The molecule has 1 N–H and O–H groups in total. The number of carbonyl (C=O) groups excluding carboxylic acids is 1. The van der Waals surface area contributed by atoms with Crippen molar-refractivity contribution in [3.05, 3.63) is 41.5 Å². The fourth-order valence-electron chi connectivity index (χ4n) is 1.80. The van der Waals surface area contributed by atoms with E-state index in [4.69, 9.17) is 4.74 Å². The molecule has 0 fully saturated rings. The first-order chi connectivity index (χ1) is 10.1. The van der Waals surface area contributed by atoms with Gasteiger partial charge in [0.25, 0.3) is 6.08 Å². The third-order valence-electron chi connectivity index (χ3n) is 2.90. The van der Waals surface area contributed by atoms with Crippen molar-refractivity contribution in [1.82, 2.24) is 5.32 Å². The number of ether oxygens (including phenoxy) is 1. The van der Waals surface area contributed by atoms with Crippen molar-refractivity contribution in [2.75, 3.05) is 19.7 Å². The zero-order chi connectivity index (χ0) is 15.5. The van der Waals surface area contributed by atoms with Crippen molar-refractivity contribution in [2.24, 2.45) is 0 Å². The Morgan fingerprint density at radius 2 is 1.90 bits per heavy atom. The van der Waals surface area contributed by atoms with Gasteiger partial charge >= 0.3 is 5.97 Å². The van der Waals surface area contributed by atoms with Gasteiger partial charge in [0, 0.05) is 6.08 Å². The molecule has 3 nitrogen and oxygen atoms in total. The standard InChI is InChI=1S/C16H21F2NO2/c1-2-19-10-4-3-5-11-21-16(20)14-8-6-13(7-9-14)12-15(17)18/h6-9,12,19H,2-5,10-11H2,1H3. The normalized spacial score (nSPS) is 10.2. The van der Waals surface area contributed by atoms with E-state index in [2.05, 4.69) is 12.2 Å². The second kappa shape index (κ2) is 10.0. The highest BCUT2D eigenvalue weighted by Crippen LogP contribution is 2.11. The van der Waals surface area contributed by atoms with Crippen LogP contribution in [0.25, 0.3) is 6.08 Å². The van der Waals surface area contributed by atoms with Gasteiger partial charge in [0.05, 0.1) is 12.2 Å². The third-order valence-corrected chi connectivity index (χ3v) is 2.90. The Morgan fingerprint density at radius 3 is 2.52 bits per heavy atom. The zero-order valence-electron chi connectivity index (χ0n) is 12.2. The average molecular weight is 297 g/mol. The predicted molar refractivity (Wildman–Crippen MR) is 79.3 cm³/mol. The minimum absolute atomic E-state index is 0.356. The summed E-state index contributed by atoms with van der Waals surface area (Å²) in [5.74, 6) is -0.419. The van der Waals surface area contributed by atoms with Gasteiger partial charge in [-0.15, -0.1) is 0 Å². The third kappa shape index (κ3) is 7.56. The van der Waals surface area contributed by atoms with Gasteiger partial charge in [-0.25, -0.2) is 4.79 Å². The number of hydrogen-bond acceptors (Lipinski definition) is 3. The maximum absolute atomic E-state index is 12.1. The summed E-state index contributed by atoms with van der Waals surface area (Å²) in [7, 11) is 0. The maximum atomic E-state index is 12.1. The molecule has 0 radical (unpaired) electrons. The molecule has 1 rings (SSSR count). The molecular formula is C16H21F2NO2. The smallest absolute Gasteiger partial charge is 0.338 e. The molecule has 0 atom stereocenters. The van der Waals surface area contributed by atoms with Crippen molar-refractivity contribution in [2.45, 2.75) is 26.2 Å². The highest BCUT2D eigenvalue weighted by molar-refractivity contribution is 5.89. The Morgan fingerprint density at radius 1 is 1.19 bits per heavy atom. The highest BCUT2D eigenvalue weighted by atomic mass is 19.3. The molecule has 21 heavy (non-hydrogen) atoms. The number of rotatable bonds is 9. The Balaban J connectivity index is 2.27. The van der Waals surface area contributed by atoms with Gasteiger partial charge in [-0.05, 0) is 50.0 Å². The number of unbranched alkanes of at least 4 members (excludes halogenated alkanes) is 2. The Hall–Kier alpha value is -1.75. The van der Waals surface area contributed by atoms with Gasteiger partial charge in [0.15, 0.2) is 0 Å². The van der Waals surface area contributed by atoms with Crippen LogP contribution in [-0.4, -0.2) is 25.7 Å². The van der Waals surface area contributed by atoms with Gasteiger partial charge < -0.3 is 10.1 Å². The van der Waals surface area contributed by atoms with Gasteiger partial charge in [0.2, 0.25) is 0 Å². The van der Waals surface area contributed by atoms with E-state index >= 15 is 0 Å². The summed E-state index contributed by atoms with van der Waals surface area (Å²) < 4.78 is 29.3. The summed E-state index contributed by atoms with van der Waals surface area (Å²) in [6.07, 6.45) is 1.87. The molecule has 0 aliphatic rings. The van der Waals surface area contributed by atoms with Gasteiger partial charge in [-0.2, -0.15) is 8.78 Å². The van der Waals surface area contributed by atoms with E-state index in [1.807, 2.05) is 0 Å². The minimum atomic E-state index is -1.76. The van der Waals surface area contributed by atoms with Crippen molar-refractivity contribution in [3.8, 4) is 0 Å². The van der Waals surface area contributed by atoms with Crippen molar-refractivity contribution in [3.63, 3.8) is 0 Å². The monoisotopic (exact) mass is 297 g/mol. The SMILES string of the molecule is CCNCCCCCOC(=O)c1ccc(C=C(F)F)cc1. The van der Waals surface area contributed by atoms with Gasteiger partial charge in [-0.1, -0.05) is 19.1 Å². The van der Waals surface area contributed by atoms with E-state index in [1.54, 1.807) is 0 Å². The summed E-state index contributed by atoms with van der Waals surface area (Å²) in [5.41, 5.74) is 0.731. The molecule has 0 spiro atoms. The van der Waals surface area contributed by atoms with Gasteiger partial charge in [0.1, 0.15) is 0 Å². The Bertz CT molecular complexity index is 454. The largest absolute Gasteiger partial charge is 0.462 e. The first-order valence-corrected chi connectivity index (χ1v) is 7.14. The summed E-state index contributed by atoms with van der Waals surface area (Å²) in [4.78, 5) is 11.7. The molecule has 0 bridgehead atoms. The number of hydrogen-bond donors (Lipinski definition) is 1. The fourth-order valence-corrected chi connectivity index (χ4v) is 1.80. The van der Waals surface area contributed by atoms with Crippen LogP contribution in [0.3, 0.4) is 0 Å². The number of benzene rings is 1. The van der Waals surface area contributed by atoms with E-state index in [9.17, 15) is 13.6 Å². The Labute approximate surface area is 124 Å². The van der Waals surface area contributed by atoms with E-state index in [0.29, 0.717) is 17.7 Å². The van der Waals surface area contributed by atoms with Crippen LogP contribution in [0.4, 0.5) is 8.78 Å². The number of carbonyl (C=O) groups is 1. The van der Waals surface area contributed by atoms with Crippen LogP contribution in [0.15, 0.2) is 30.3 Å². The molecule has 0 aliphatic carbocycles. The number of nitrogens with one attached hydrogen (secondary N) is 1. The van der Waals surface area contributed by atoms with Crippen molar-refractivity contribution < 1.29 is 18.3 Å². The van der Waals surface area contributed by atoms with Crippen LogP contribution in [0.1, 0.15) is 42.1 Å². The highest BCUT2D eigenvalue weighted by Gasteiger charge is 2.06. The molecule has 0 saturated carbocycles. The molecule has 1 aromatic carbocycles. The first-order valence-electron chi connectivity index (χ1n) is 7.14. The van der Waals surface area contributed by atoms with Crippen LogP contribution >= 0.6 is 0 Å². The van der Waals surface area contributed by atoms with E-state index < -0.39 is 12.0 Å². The molecule has 0 aliphatic heterocycles. The number of esters is 1. The lowest BCUT2D eigenvalue weighted by molar-refractivity contribution is 0.0498. The molecular weight excluding hydrogens is 276 g/mol. The molecule has 1 aromatic rings. The lowest BCUT2D eigenvalue weighted by Gasteiger charge is -2.05. The summed E-state index contributed by atoms with van der Waals surface area (Å²) in [6, 6.07) is 5.91. The maximum Gasteiger partial charge on any atom is 0.338 e. The second-order valence-corrected chi connectivity index (χ2v) is 4.61. The lowest BCUT2D eigenvalue weighted by Crippen LogP contribution is -2.14. The van der Waals surface area contributed by atoms with Crippen molar-refractivity contribution >= 4 is 12.0 Å². The van der Waals surface area contributed by atoms with E-state index in [-0.39, 0.29) is 0 Å². The molecule has 0 heterocycles. The van der Waals surface area contributed by atoms with Crippen LogP contribution in [0, 0.1) is 0 Å². The molecule has 0 unspecified atom stereocenters. The quantitative estimate of drug-likeness (QED) is 0.555. The second-order valence-electron chi connectivity index (χ2n) is 4.61.